The third-order valence-corrected chi connectivity index (χ3v) is 3.69. The van der Waals surface area contributed by atoms with Crippen LogP contribution in [0.1, 0.15) is 16.9 Å². The average Bonchev–Trinajstić information content (AvgIpc) is 2.47. The fourth-order valence-corrected chi connectivity index (χ4v) is 2.85. The second kappa shape index (κ2) is 5.26. The van der Waals surface area contributed by atoms with Crippen molar-refractivity contribution in [2.45, 2.75) is 20.0 Å². The number of aryl methyl sites for hydroxylation is 2. The standard InChI is InChI=1S/C18H13F3O2/c1-10-8-11(2)14-13(9-10)17(22)23-16(18(19,20)21)15(14)12-6-4-3-5-7-12/h3-9H,1-2H3. The van der Waals surface area contributed by atoms with Crippen LogP contribution in [0, 0.1) is 13.8 Å². The van der Waals surface area contributed by atoms with Crippen molar-refractivity contribution < 1.29 is 17.6 Å². The third kappa shape index (κ3) is 2.63. The van der Waals surface area contributed by atoms with E-state index in [4.69, 9.17) is 0 Å². The average molecular weight is 318 g/mol. The van der Waals surface area contributed by atoms with Gasteiger partial charge < -0.3 is 4.42 Å². The van der Waals surface area contributed by atoms with Crippen molar-refractivity contribution in [1.29, 1.82) is 0 Å². The molecule has 0 saturated heterocycles. The molecule has 0 fully saturated rings. The van der Waals surface area contributed by atoms with E-state index in [2.05, 4.69) is 4.42 Å². The van der Waals surface area contributed by atoms with Gasteiger partial charge in [-0.15, -0.1) is 0 Å². The van der Waals surface area contributed by atoms with Crippen LogP contribution < -0.4 is 5.63 Å². The Balaban J connectivity index is 2.57. The van der Waals surface area contributed by atoms with E-state index >= 15 is 0 Å². The Morgan fingerprint density at radius 1 is 1.00 bits per heavy atom. The van der Waals surface area contributed by atoms with E-state index in [0.717, 1.165) is 5.56 Å². The molecule has 0 bridgehead atoms. The summed E-state index contributed by atoms with van der Waals surface area (Å²) in [5.74, 6) is -1.26. The van der Waals surface area contributed by atoms with Gasteiger partial charge in [-0.1, -0.05) is 36.4 Å². The molecule has 0 radical (unpaired) electrons. The summed E-state index contributed by atoms with van der Waals surface area (Å²) in [5, 5.41) is 0.444. The van der Waals surface area contributed by atoms with Crippen LogP contribution in [0.3, 0.4) is 0 Å². The maximum atomic E-state index is 13.4. The molecule has 0 unspecified atom stereocenters. The molecule has 3 rings (SSSR count). The van der Waals surface area contributed by atoms with E-state index in [9.17, 15) is 18.0 Å². The van der Waals surface area contributed by atoms with Gasteiger partial charge in [0, 0.05) is 10.9 Å². The third-order valence-electron chi connectivity index (χ3n) is 3.69. The van der Waals surface area contributed by atoms with Crippen LogP contribution in [-0.2, 0) is 6.18 Å². The zero-order valence-corrected chi connectivity index (χ0v) is 12.5. The molecule has 0 N–H and O–H groups in total. The van der Waals surface area contributed by atoms with Gasteiger partial charge in [-0.25, -0.2) is 4.79 Å². The molecule has 3 aromatic rings. The molecule has 0 aliphatic rings. The van der Waals surface area contributed by atoms with Crippen LogP contribution in [0.4, 0.5) is 13.2 Å². The Labute approximate surface area is 130 Å². The monoisotopic (exact) mass is 318 g/mol. The lowest BCUT2D eigenvalue weighted by Gasteiger charge is -2.15. The smallest absolute Gasteiger partial charge is 0.417 e. The van der Waals surface area contributed by atoms with Crippen LogP contribution in [0.2, 0.25) is 0 Å². The van der Waals surface area contributed by atoms with Gasteiger partial charge in [0.05, 0.1) is 5.39 Å². The molecular weight excluding hydrogens is 305 g/mol. The van der Waals surface area contributed by atoms with E-state index in [-0.39, 0.29) is 16.3 Å². The normalized spacial score (nSPS) is 11.9. The number of hydrogen-bond donors (Lipinski definition) is 0. The van der Waals surface area contributed by atoms with E-state index in [1.807, 2.05) is 0 Å². The summed E-state index contributed by atoms with van der Waals surface area (Å²) in [7, 11) is 0. The second-order valence-electron chi connectivity index (χ2n) is 5.46. The minimum absolute atomic E-state index is 0.0924. The molecule has 2 nitrogen and oxygen atoms in total. The summed E-state index contributed by atoms with van der Waals surface area (Å²) < 4.78 is 44.9. The number of hydrogen-bond acceptors (Lipinski definition) is 2. The van der Waals surface area contributed by atoms with Crippen LogP contribution in [-0.4, -0.2) is 0 Å². The number of fused-ring (bicyclic) bond motifs is 1. The van der Waals surface area contributed by atoms with E-state index in [1.54, 1.807) is 56.3 Å². The quantitative estimate of drug-likeness (QED) is 0.625. The zero-order chi connectivity index (χ0) is 16.8. The topological polar surface area (TPSA) is 30.2 Å². The fourth-order valence-electron chi connectivity index (χ4n) is 2.85. The number of benzene rings is 2. The molecule has 0 spiro atoms. The maximum absolute atomic E-state index is 13.4. The van der Waals surface area contributed by atoms with Gasteiger partial charge in [-0.05, 0) is 36.6 Å². The Bertz CT molecular complexity index is 938. The molecule has 2 aromatic carbocycles. The highest BCUT2D eigenvalue weighted by atomic mass is 19.4. The molecule has 0 atom stereocenters. The highest BCUT2D eigenvalue weighted by molar-refractivity contribution is 5.99. The van der Waals surface area contributed by atoms with Gasteiger partial charge in [-0.2, -0.15) is 13.2 Å². The largest absolute Gasteiger partial charge is 0.450 e. The molecule has 23 heavy (non-hydrogen) atoms. The van der Waals surface area contributed by atoms with Gasteiger partial charge in [0.2, 0.25) is 5.76 Å². The SMILES string of the molecule is Cc1cc(C)c2c(-c3ccccc3)c(C(F)(F)F)oc(=O)c2c1. The lowest BCUT2D eigenvalue weighted by Crippen LogP contribution is -2.14. The van der Waals surface area contributed by atoms with Crippen LogP contribution >= 0.6 is 0 Å². The predicted molar refractivity (Wildman–Crippen MR) is 82.4 cm³/mol. The lowest BCUT2D eigenvalue weighted by molar-refractivity contribution is -0.153. The summed E-state index contributed by atoms with van der Waals surface area (Å²) in [6, 6.07) is 11.5. The Hall–Kier alpha value is -2.56. The Morgan fingerprint density at radius 3 is 2.26 bits per heavy atom. The molecular formula is C18H13F3O2. The van der Waals surface area contributed by atoms with Gasteiger partial charge in [-0.3, -0.25) is 0 Å². The van der Waals surface area contributed by atoms with Crippen molar-refractivity contribution in [3.63, 3.8) is 0 Å². The van der Waals surface area contributed by atoms with Crippen molar-refractivity contribution in [3.05, 3.63) is 69.8 Å². The van der Waals surface area contributed by atoms with Crippen LogP contribution in [0.5, 0.6) is 0 Å². The molecule has 1 heterocycles. The molecule has 0 aliphatic heterocycles. The predicted octanol–water partition coefficient (Wildman–Crippen LogP) is 5.10. The summed E-state index contributed by atoms with van der Waals surface area (Å²) in [5.41, 5.74) is 0.697. The molecule has 5 heteroatoms. The van der Waals surface area contributed by atoms with Crippen LogP contribution in [0.15, 0.2) is 51.7 Å². The zero-order valence-electron chi connectivity index (χ0n) is 12.5. The first-order valence-electron chi connectivity index (χ1n) is 6.99. The summed E-state index contributed by atoms with van der Waals surface area (Å²) in [6.07, 6.45) is -4.75. The van der Waals surface area contributed by atoms with E-state index < -0.39 is 17.6 Å². The number of alkyl halides is 3. The first kappa shape index (κ1) is 15.3. The first-order chi connectivity index (χ1) is 10.8. The minimum Gasteiger partial charge on any atom is -0.417 e. The van der Waals surface area contributed by atoms with Gasteiger partial charge in [0.1, 0.15) is 0 Å². The minimum atomic E-state index is -4.75. The summed E-state index contributed by atoms with van der Waals surface area (Å²) in [6.45, 7) is 3.48. The summed E-state index contributed by atoms with van der Waals surface area (Å²) in [4.78, 5) is 12.1. The fraction of sp³-hybridized carbons (Fsp3) is 0.167. The van der Waals surface area contributed by atoms with Crippen molar-refractivity contribution in [1.82, 2.24) is 0 Å². The van der Waals surface area contributed by atoms with Gasteiger partial charge in [0.15, 0.2) is 0 Å². The molecule has 118 valence electrons. The summed E-state index contributed by atoms with van der Waals surface area (Å²) >= 11 is 0. The maximum Gasteiger partial charge on any atom is 0.450 e. The molecule has 0 saturated carbocycles. The van der Waals surface area contributed by atoms with Crippen molar-refractivity contribution in [2.75, 3.05) is 0 Å². The van der Waals surface area contributed by atoms with E-state index in [1.165, 1.54) is 0 Å². The van der Waals surface area contributed by atoms with Crippen molar-refractivity contribution in [2.24, 2.45) is 0 Å². The number of rotatable bonds is 1. The molecule has 0 aliphatic carbocycles. The van der Waals surface area contributed by atoms with E-state index in [0.29, 0.717) is 11.1 Å². The lowest BCUT2D eigenvalue weighted by atomic mass is 9.94. The van der Waals surface area contributed by atoms with Crippen molar-refractivity contribution >= 4 is 10.8 Å². The van der Waals surface area contributed by atoms with Crippen LogP contribution in [0.25, 0.3) is 21.9 Å². The molecule has 1 aromatic heterocycles. The number of halogens is 3. The first-order valence-corrected chi connectivity index (χ1v) is 6.99. The van der Waals surface area contributed by atoms with Crippen molar-refractivity contribution in [3.8, 4) is 11.1 Å². The highest BCUT2D eigenvalue weighted by Gasteiger charge is 2.39. The van der Waals surface area contributed by atoms with Gasteiger partial charge in [0.25, 0.3) is 0 Å². The highest BCUT2D eigenvalue weighted by Crippen LogP contribution is 2.41. The second-order valence-corrected chi connectivity index (χ2v) is 5.46. The Morgan fingerprint density at radius 2 is 1.65 bits per heavy atom. The van der Waals surface area contributed by atoms with Gasteiger partial charge >= 0.3 is 11.8 Å². The molecule has 0 amide bonds. The Kier molecular flexibility index (Phi) is 3.51.